The number of phenolic OH excluding ortho intramolecular Hbond substituents is 1. The number of esters is 1. The minimum atomic E-state index is -1.28. The molecule has 0 aromatic heterocycles. The number of hydrogen-bond donors (Lipinski definition) is 6. The molecule has 2 aromatic carbocycles. The third-order valence-corrected chi connectivity index (χ3v) is 7.44. The van der Waals surface area contributed by atoms with Crippen LogP contribution in [0, 0.1) is 5.92 Å². The molecule has 0 heterocycles. The number of carboxylic acid groups (broad SMARTS) is 1. The Labute approximate surface area is 282 Å². The van der Waals surface area contributed by atoms with Gasteiger partial charge in [0.1, 0.15) is 30.5 Å². The monoisotopic (exact) mass is 692 g/mol. The lowest BCUT2D eigenvalue weighted by Crippen LogP contribution is -2.58. The number of aromatic hydroxyl groups is 1. The smallest absolute Gasteiger partial charge is 0.341 e. The van der Waals surface area contributed by atoms with Crippen molar-refractivity contribution in [2.75, 3.05) is 6.61 Å². The van der Waals surface area contributed by atoms with Gasteiger partial charge in [-0.3, -0.25) is 24.0 Å². The molecule has 0 saturated carbocycles. The van der Waals surface area contributed by atoms with E-state index in [1.54, 1.807) is 26.0 Å². The highest BCUT2D eigenvalue weighted by molar-refractivity contribution is 6.39. The van der Waals surface area contributed by atoms with Gasteiger partial charge in [0.25, 0.3) is 0 Å². The summed E-state index contributed by atoms with van der Waals surface area (Å²) in [5.74, 6) is -5.17. The van der Waals surface area contributed by atoms with Gasteiger partial charge in [-0.05, 0) is 48.2 Å². The van der Waals surface area contributed by atoms with Crippen LogP contribution in [-0.2, 0) is 35.1 Å². The zero-order chi connectivity index (χ0) is 35.4. The Morgan fingerprint density at radius 2 is 1.43 bits per heavy atom. The summed E-state index contributed by atoms with van der Waals surface area (Å²) in [7, 11) is 0. The number of halogens is 2. The molecule has 0 bridgehead atoms. The minimum Gasteiger partial charge on any atom is -0.508 e. The lowest BCUT2D eigenvalue weighted by atomic mass is 10.0. The Kier molecular flexibility index (Phi) is 14.7. The van der Waals surface area contributed by atoms with E-state index in [9.17, 15) is 39.0 Å². The molecule has 0 spiro atoms. The van der Waals surface area contributed by atoms with Gasteiger partial charge in [0.2, 0.25) is 23.6 Å². The van der Waals surface area contributed by atoms with E-state index < -0.39 is 78.7 Å². The first-order valence-electron chi connectivity index (χ1n) is 14.5. The second kappa shape index (κ2) is 17.9. The number of carboxylic acids is 1. The second-order valence-corrected chi connectivity index (χ2v) is 11.9. The number of hydrogen-bond acceptors (Lipinski definition) is 8. The zero-order valence-electron chi connectivity index (χ0n) is 26.3. The molecular weight excluding hydrogens is 655 g/mol. The van der Waals surface area contributed by atoms with Crippen LogP contribution in [0.25, 0.3) is 0 Å². The maximum absolute atomic E-state index is 13.2. The number of carbonyl (C=O) groups is 6. The van der Waals surface area contributed by atoms with Crippen LogP contribution in [0.1, 0.15) is 50.0 Å². The molecule has 0 radical (unpaired) electrons. The first kappa shape index (κ1) is 38.6. The maximum Gasteiger partial charge on any atom is 0.341 e. The van der Waals surface area contributed by atoms with Crippen LogP contribution in [0.3, 0.4) is 0 Å². The van der Waals surface area contributed by atoms with Crippen molar-refractivity contribution in [1.82, 2.24) is 21.3 Å². The van der Waals surface area contributed by atoms with Crippen LogP contribution in [0.2, 0.25) is 10.0 Å². The van der Waals surface area contributed by atoms with Gasteiger partial charge in [-0.25, -0.2) is 4.79 Å². The summed E-state index contributed by atoms with van der Waals surface area (Å²) < 4.78 is 5.20. The summed E-state index contributed by atoms with van der Waals surface area (Å²) in [4.78, 5) is 75.3. The van der Waals surface area contributed by atoms with Crippen LogP contribution < -0.4 is 21.3 Å². The summed E-state index contributed by atoms with van der Waals surface area (Å²) in [6, 6.07) is 5.94. The second-order valence-electron chi connectivity index (χ2n) is 11.1. The summed E-state index contributed by atoms with van der Waals surface area (Å²) in [5, 5.41) is 29.2. The fourth-order valence-corrected chi connectivity index (χ4v) is 4.82. The average Bonchev–Trinajstić information content (AvgIpc) is 2.98. The van der Waals surface area contributed by atoms with Gasteiger partial charge in [-0.1, -0.05) is 61.8 Å². The number of aliphatic carboxylic acids is 1. The van der Waals surface area contributed by atoms with E-state index in [1.165, 1.54) is 44.2 Å². The molecule has 2 aromatic rings. The van der Waals surface area contributed by atoms with E-state index in [0.29, 0.717) is 5.56 Å². The number of nitrogens with one attached hydrogen (secondary N) is 4. The van der Waals surface area contributed by atoms with Crippen LogP contribution >= 0.6 is 23.2 Å². The number of carbonyl (C=O) groups excluding carboxylic acids is 5. The van der Waals surface area contributed by atoms with Crippen LogP contribution in [0.4, 0.5) is 0 Å². The van der Waals surface area contributed by atoms with Crippen molar-refractivity contribution >= 4 is 58.8 Å². The number of benzene rings is 2. The normalized spacial score (nSPS) is 13.3. The molecule has 15 heteroatoms. The predicted octanol–water partition coefficient (Wildman–Crippen LogP) is 2.76. The first-order valence-corrected chi connectivity index (χ1v) is 15.2. The highest BCUT2D eigenvalue weighted by Gasteiger charge is 2.31. The molecule has 254 valence electrons. The summed E-state index contributed by atoms with van der Waals surface area (Å²) in [6.45, 7) is 9.23. The molecule has 0 unspecified atom stereocenters. The van der Waals surface area contributed by atoms with Gasteiger partial charge >= 0.3 is 11.9 Å². The quantitative estimate of drug-likeness (QED) is 0.113. The van der Waals surface area contributed by atoms with Crippen molar-refractivity contribution in [3.63, 3.8) is 0 Å². The van der Waals surface area contributed by atoms with Gasteiger partial charge in [0.15, 0.2) is 0 Å². The number of amides is 4. The molecule has 2 rings (SSSR count). The molecule has 6 N–H and O–H groups in total. The molecule has 0 aliphatic rings. The topological polar surface area (TPSA) is 200 Å². The molecule has 0 aliphatic heterocycles. The molecule has 0 saturated heterocycles. The SMILES string of the molecule is C=C(COC(=O)c1c(Cl)cccc1Cl)[C@H](CC(=O)O)NC(=O)[C@H](C)NC(=O)[C@@H](NC(=O)[C@H](Cc1ccc(O)cc1)NC(C)=O)C(C)C. The third kappa shape index (κ3) is 12.2. The lowest BCUT2D eigenvalue weighted by Gasteiger charge is -2.27. The van der Waals surface area contributed by atoms with Crippen molar-refractivity contribution in [3.05, 3.63) is 75.8 Å². The standard InChI is InChI=1S/C32H38Cl2N4O9/c1-16(2)28(38-30(44)25(36-19(5)39)13-20-9-11-21(40)12-10-20)31(45)35-18(4)29(43)37-24(14-26(41)42)17(3)15-47-32(46)27-22(33)7-6-8-23(27)34/h6-12,16,18,24-25,28,40H,3,13-15H2,1-2,4-5H3,(H,35,45)(H,36,39)(H,37,43)(H,38,44)(H,41,42)/t18-,24-,25-,28-/m0/s1. The Hall–Kier alpha value is -4.62. The van der Waals surface area contributed by atoms with Crippen molar-refractivity contribution < 1.29 is 43.7 Å². The van der Waals surface area contributed by atoms with Gasteiger partial charge in [-0.15, -0.1) is 0 Å². The number of ether oxygens (including phenoxy) is 1. The van der Waals surface area contributed by atoms with Crippen molar-refractivity contribution in [2.45, 2.75) is 64.7 Å². The van der Waals surface area contributed by atoms with Crippen molar-refractivity contribution in [3.8, 4) is 5.75 Å². The predicted molar refractivity (Wildman–Crippen MR) is 174 cm³/mol. The van der Waals surface area contributed by atoms with E-state index in [-0.39, 0.29) is 33.4 Å². The highest BCUT2D eigenvalue weighted by Crippen LogP contribution is 2.25. The Balaban J connectivity index is 2.07. The van der Waals surface area contributed by atoms with Gasteiger partial charge in [-0.2, -0.15) is 0 Å². The van der Waals surface area contributed by atoms with E-state index in [4.69, 9.17) is 27.9 Å². The van der Waals surface area contributed by atoms with E-state index in [2.05, 4.69) is 27.8 Å². The van der Waals surface area contributed by atoms with Gasteiger partial charge in [0, 0.05) is 13.3 Å². The lowest BCUT2D eigenvalue weighted by molar-refractivity contribution is -0.138. The van der Waals surface area contributed by atoms with E-state index in [1.807, 2.05) is 0 Å². The molecule has 4 amide bonds. The van der Waals surface area contributed by atoms with E-state index >= 15 is 0 Å². The molecule has 0 fully saturated rings. The Morgan fingerprint density at radius 3 is 1.96 bits per heavy atom. The molecule has 13 nitrogen and oxygen atoms in total. The van der Waals surface area contributed by atoms with Crippen molar-refractivity contribution in [2.24, 2.45) is 5.92 Å². The maximum atomic E-state index is 13.2. The molecule has 4 atom stereocenters. The zero-order valence-corrected chi connectivity index (χ0v) is 27.8. The minimum absolute atomic E-state index is 0.0322. The first-order chi connectivity index (χ1) is 22.0. The molecule has 47 heavy (non-hydrogen) atoms. The van der Waals surface area contributed by atoms with Crippen LogP contribution in [0.5, 0.6) is 5.75 Å². The molecule has 0 aliphatic carbocycles. The van der Waals surface area contributed by atoms with Gasteiger partial charge in [0.05, 0.1) is 28.1 Å². The fraction of sp³-hybridized carbons (Fsp3) is 0.375. The Bertz CT molecular complexity index is 1480. The fourth-order valence-electron chi connectivity index (χ4n) is 4.27. The summed E-state index contributed by atoms with van der Waals surface area (Å²) >= 11 is 12.1. The summed E-state index contributed by atoms with van der Waals surface area (Å²) in [6.07, 6.45) is -0.529. The van der Waals surface area contributed by atoms with Crippen molar-refractivity contribution in [1.29, 1.82) is 0 Å². The highest BCUT2D eigenvalue weighted by atomic mass is 35.5. The average molecular weight is 694 g/mol. The number of rotatable bonds is 16. The van der Waals surface area contributed by atoms with Crippen LogP contribution in [-0.4, -0.2) is 76.6 Å². The molecular formula is C32H38Cl2N4O9. The Morgan fingerprint density at radius 1 is 0.830 bits per heavy atom. The summed E-state index contributed by atoms with van der Waals surface area (Å²) in [5.41, 5.74) is 0.600. The largest absolute Gasteiger partial charge is 0.508 e. The number of phenols is 1. The van der Waals surface area contributed by atoms with Gasteiger partial charge < -0.3 is 36.2 Å². The van der Waals surface area contributed by atoms with Crippen LogP contribution in [0.15, 0.2) is 54.6 Å². The van der Waals surface area contributed by atoms with E-state index in [0.717, 1.165) is 0 Å². The third-order valence-electron chi connectivity index (χ3n) is 6.81.